The van der Waals surface area contributed by atoms with Crippen LogP contribution in [-0.2, 0) is 19.0 Å². The van der Waals surface area contributed by atoms with Gasteiger partial charge in [0.1, 0.15) is 11.4 Å². The largest absolute Gasteiger partial charge is 0.573 e. The molecule has 0 aliphatic heterocycles. The van der Waals surface area contributed by atoms with Crippen LogP contribution >= 0.6 is 0 Å². The van der Waals surface area contributed by atoms with Crippen LogP contribution in [0.5, 0.6) is 5.75 Å². The maximum absolute atomic E-state index is 12.4. The van der Waals surface area contributed by atoms with E-state index in [-0.39, 0.29) is 18.6 Å². The van der Waals surface area contributed by atoms with E-state index in [0.29, 0.717) is 0 Å². The fraction of sp³-hybridized carbons (Fsp3) is 0.562. The van der Waals surface area contributed by atoms with E-state index in [4.69, 9.17) is 4.74 Å². The van der Waals surface area contributed by atoms with Crippen molar-refractivity contribution in [3.05, 3.63) is 29.8 Å². The summed E-state index contributed by atoms with van der Waals surface area (Å²) in [6.45, 7) is 4.65. The van der Waals surface area contributed by atoms with E-state index in [0.717, 1.165) is 18.4 Å². The molecule has 0 fully saturated rings. The molecule has 0 aliphatic carbocycles. The first-order chi connectivity index (χ1) is 12.1. The highest BCUT2D eigenvalue weighted by Gasteiger charge is 2.31. The van der Waals surface area contributed by atoms with Crippen LogP contribution in [0.2, 0.25) is 0 Å². The summed E-state index contributed by atoms with van der Waals surface area (Å²) in [4.78, 5) is 12.0. The van der Waals surface area contributed by atoms with Crippen LogP contribution in [0.3, 0.4) is 0 Å². The molecular weight excluding hydrogens is 391 g/mol. The molecule has 0 bridgehead atoms. The third-order valence-corrected chi connectivity index (χ3v) is 3.48. The molecule has 27 heavy (non-hydrogen) atoms. The van der Waals surface area contributed by atoms with E-state index < -0.39 is 40.0 Å². The van der Waals surface area contributed by atoms with Crippen LogP contribution in [-0.4, -0.2) is 39.3 Å². The zero-order valence-corrected chi connectivity index (χ0v) is 16.1. The average Bonchev–Trinajstić information content (AvgIpc) is 2.41. The molecule has 1 atom stereocenters. The SMILES string of the molecule is CC(C)(C)OC(=O)N[C@@H](CCOS(C)(=O)=O)c1cccc(OC(F)(F)F)c1. The number of ether oxygens (including phenoxy) is 2. The Labute approximate surface area is 155 Å². The Morgan fingerprint density at radius 2 is 1.85 bits per heavy atom. The van der Waals surface area contributed by atoms with Crippen LogP contribution in [0.25, 0.3) is 0 Å². The Balaban J connectivity index is 2.98. The van der Waals surface area contributed by atoms with Crippen molar-refractivity contribution in [2.75, 3.05) is 12.9 Å². The first-order valence-corrected chi connectivity index (χ1v) is 9.66. The van der Waals surface area contributed by atoms with Gasteiger partial charge >= 0.3 is 12.5 Å². The number of amides is 1. The Bertz CT molecular complexity index is 743. The number of alkyl carbamates (subject to hydrolysis) is 1. The Morgan fingerprint density at radius 3 is 2.37 bits per heavy atom. The number of hydrogen-bond acceptors (Lipinski definition) is 6. The van der Waals surface area contributed by atoms with Crippen LogP contribution in [0.4, 0.5) is 18.0 Å². The topological polar surface area (TPSA) is 90.9 Å². The van der Waals surface area contributed by atoms with Crippen molar-refractivity contribution in [2.24, 2.45) is 0 Å². The lowest BCUT2D eigenvalue weighted by atomic mass is 10.0. The lowest BCUT2D eigenvalue weighted by molar-refractivity contribution is -0.274. The van der Waals surface area contributed by atoms with Crippen LogP contribution < -0.4 is 10.1 Å². The van der Waals surface area contributed by atoms with Crippen molar-refractivity contribution in [1.82, 2.24) is 5.32 Å². The van der Waals surface area contributed by atoms with Gasteiger partial charge in [-0.3, -0.25) is 4.18 Å². The summed E-state index contributed by atoms with van der Waals surface area (Å²) in [5.74, 6) is -0.472. The molecule has 0 aliphatic rings. The van der Waals surface area contributed by atoms with Crippen molar-refractivity contribution in [1.29, 1.82) is 0 Å². The van der Waals surface area contributed by atoms with Gasteiger partial charge in [0.2, 0.25) is 0 Å². The summed E-state index contributed by atoms with van der Waals surface area (Å²) in [6, 6.07) is 4.12. The Morgan fingerprint density at radius 1 is 1.22 bits per heavy atom. The standard InChI is InChI=1S/C16H22F3NO6S/c1-15(2,3)26-14(21)20-13(8-9-24-27(4,22)23)11-6-5-7-12(10-11)25-16(17,18)19/h5-7,10,13H,8-9H2,1-4H3,(H,20,21)/t13-/m0/s1. The third kappa shape index (κ3) is 10.7. The van der Waals surface area contributed by atoms with Gasteiger partial charge in [-0.25, -0.2) is 4.79 Å². The highest BCUT2D eigenvalue weighted by Crippen LogP contribution is 2.27. The monoisotopic (exact) mass is 413 g/mol. The summed E-state index contributed by atoms with van der Waals surface area (Å²) in [5.41, 5.74) is -0.529. The van der Waals surface area contributed by atoms with Crippen LogP contribution in [0.15, 0.2) is 24.3 Å². The fourth-order valence-electron chi connectivity index (χ4n) is 2.02. The van der Waals surface area contributed by atoms with Crippen molar-refractivity contribution >= 4 is 16.2 Å². The van der Waals surface area contributed by atoms with E-state index in [2.05, 4.69) is 14.2 Å². The van der Waals surface area contributed by atoms with Gasteiger partial charge in [-0.2, -0.15) is 8.42 Å². The van der Waals surface area contributed by atoms with Gasteiger partial charge in [0.05, 0.1) is 18.9 Å². The molecule has 1 N–H and O–H groups in total. The smallest absolute Gasteiger partial charge is 0.444 e. The molecule has 0 saturated carbocycles. The molecular formula is C16H22F3NO6S. The zero-order valence-electron chi connectivity index (χ0n) is 15.3. The van der Waals surface area contributed by atoms with Crippen LogP contribution in [0.1, 0.15) is 38.8 Å². The summed E-state index contributed by atoms with van der Waals surface area (Å²) < 4.78 is 73.0. The minimum atomic E-state index is -4.87. The molecule has 7 nitrogen and oxygen atoms in total. The van der Waals surface area contributed by atoms with E-state index >= 15 is 0 Å². The first-order valence-electron chi connectivity index (χ1n) is 7.84. The van der Waals surface area contributed by atoms with Crippen molar-refractivity contribution in [2.45, 2.75) is 45.2 Å². The number of carbonyl (C=O) groups excluding carboxylic acids is 1. The number of nitrogens with one attached hydrogen (secondary N) is 1. The Kier molecular flexibility index (Phi) is 7.49. The minimum Gasteiger partial charge on any atom is -0.444 e. The molecule has 1 aromatic carbocycles. The third-order valence-electron chi connectivity index (χ3n) is 2.89. The number of rotatable bonds is 7. The molecule has 11 heteroatoms. The van der Waals surface area contributed by atoms with E-state index in [1.807, 2.05) is 0 Å². The Hall–Kier alpha value is -2.01. The molecule has 1 amide bonds. The maximum Gasteiger partial charge on any atom is 0.573 e. The van der Waals surface area contributed by atoms with Gasteiger partial charge in [0, 0.05) is 0 Å². The fourth-order valence-corrected chi connectivity index (χ4v) is 2.42. The van der Waals surface area contributed by atoms with Gasteiger partial charge < -0.3 is 14.8 Å². The van der Waals surface area contributed by atoms with Gasteiger partial charge in [-0.1, -0.05) is 12.1 Å². The van der Waals surface area contributed by atoms with Crippen molar-refractivity contribution in [3.8, 4) is 5.75 Å². The summed E-state index contributed by atoms with van der Waals surface area (Å²) >= 11 is 0. The van der Waals surface area contributed by atoms with Crippen LogP contribution in [0, 0.1) is 0 Å². The molecule has 0 spiro atoms. The van der Waals surface area contributed by atoms with Gasteiger partial charge in [0.15, 0.2) is 0 Å². The molecule has 154 valence electrons. The molecule has 0 radical (unpaired) electrons. The van der Waals surface area contributed by atoms with Crippen molar-refractivity contribution < 1.29 is 40.0 Å². The number of hydrogen-bond donors (Lipinski definition) is 1. The molecule has 1 rings (SSSR count). The predicted octanol–water partition coefficient (Wildman–Crippen LogP) is 3.52. The zero-order chi connectivity index (χ0) is 20.9. The van der Waals surface area contributed by atoms with E-state index in [1.165, 1.54) is 12.1 Å². The minimum absolute atomic E-state index is 0.0260. The van der Waals surface area contributed by atoms with Gasteiger partial charge in [-0.15, -0.1) is 13.2 Å². The first kappa shape index (κ1) is 23.0. The van der Waals surface area contributed by atoms with E-state index in [9.17, 15) is 26.4 Å². The number of benzene rings is 1. The van der Waals surface area contributed by atoms with Gasteiger partial charge in [0.25, 0.3) is 10.1 Å². The maximum atomic E-state index is 12.4. The number of alkyl halides is 3. The normalized spacial score (nSPS) is 13.7. The molecule has 0 unspecified atom stereocenters. The molecule has 0 aromatic heterocycles. The number of halogens is 3. The molecule has 1 aromatic rings. The lowest BCUT2D eigenvalue weighted by Gasteiger charge is -2.24. The van der Waals surface area contributed by atoms with Gasteiger partial charge in [-0.05, 0) is 44.9 Å². The van der Waals surface area contributed by atoms with Crippen molar-refractivity contribution in [3.63, 3.8) is 0 Å². The predicted molar refractivity (Wildman–Crippen MR) is 90.6 cm³/mol. The summed E-state index contributed by atoms with van der Waals surface area (Å²) in [7, 11) is -3.71. The second-order valence-corrected chi connectivity index (χ2v) is 8.28. The summed E-state index contributed by atoms with van der Waals surface area (Å²) in [6.07, 6.45) is -4.84. The number of carbonyl (C=O) groups is 1. The average molecular weight is 413 g/mol. The second-order valence-electron chi connectivity index (χ2n) is 6.63. The summed E-state index contributed by atoms with van der Waals surface area (Å²) in [5, 5.41) is 2.49. The highest BCUT2D eigenvalue weighted by atomic mass is 32.2. The molecule has 0 heterocycles. The van der Waals surface area contributed by atoms with E-state index in [1.54, 1.807) is 20.8 Å². The highest BCUT2D eigenvalue weighted by molar-refractivity contribution is 7.85. The molecule has 0 saturated heterocycles. The quantitative estimate of drug-likeness (QED) is 0.688. The second kappa shape index (κ2) is 8.79. The lowest BCUT2D eigenvalue weighted by Crippen LogP contribution is -2.35.